The smallest absolute Gasteiger partial charge is 0.303 e. The Morgan fingerprint density at radius 3 is 2.40 bits per heavy atom. The van der Waals surface area contributed by atoms with Gasteiger partial charge in [0.15, 0.2) is 0 Å². The van der Waals surface area contributed by atoms with Crippen LogP contribution >= 0.6 is 0 Å². The second-order valence-electron chi connectivity index (χ2n) is 4.35. The molecule has 2 aliphatic rings. The SMILES string of the molecule is O=C(O)CC1CN(C(=O)C2CC=CC2)C1. The van der Waals surface area contributed by atoms with Crippen molar-refractivity contribution in [3.63, 3.8) is 0 Å². The average Bonchev–Trinajstić information content (AvgIpc) is 2.61. The normalized spacial score (nSPS) is 21.7. The predicted molar refractivity (Wildman–Crippen MR) is 54.2 cm³/mol. The van der Waals surface area contributed by atoms with Gasteiger partial charge in [-0.3, -0.25) is 9.59 Å². The van der Waals surface area contributed by atoms with E-state index in [9.17, 15) is 9.59 Å². The van der Waals surface area contributed by atoms with Crippen molar-refractivity contribution in [1.82, 2.24) is 4.90 Å². The number of carboxylic acid groups (broad SMARTS) is 1. The van der Waals surface area contributed by atoms with Crippen molar-refractivity contribution in [1.29, 1.82) is 0 Å². The van der Waals surface area contributed by atoms with E-state index in [-0.39, 0.29) is 24.2 Å². The summed E-state index contributed by atoms with van der Waals surface area (Å²) in [5.74, 6) is -0.284. The van der Waals surface area contributed by atoms with Crippen LogP contribution in [-0.2, 0) is 9.59 Å². The molecule has 0 radical (unpaired) electrons. The molecule has 0 atom stereocenters. The van der Waals surface area contributed by atoms with Crippen LogP contribution in [-0.4, -0.2) is 35.0 Å². The third-order valence-electron chi connectivity index (χ3n) is 3.09. The molecular weight excluding hydrogens is 194 g/mol. The van der Waals surface area contributed by atoms with E-state index in [1.807, 2.05) is 12.2 Å². The van der Waals surface area contributed by atoms with E-state index in [2.05, 4.69) is 0 Å². The number of carbonyl (C=O) groups excluding carboxylic acids is 1. The van der Waals surface area contributed by atoms with E-state index in [0.717, 1.165) is 12.8 Å². The van der Waals surface area contributed by atoms with Gasteiger partial charge in [-0.15, -0.1) is 0 Å². The molecule has 0 spiro atoms. The Bertz CT molecular complexity index is 297. The van der Waals surface area contributed by atoms with Crippen molar-refractivity contribution in [2.24, 2.45) is 11.8 Å². The molecule has 1 N–H and O–H groups in total. The Kier molecular flexibility index (Phi) is 2.75. The number of likely N-dealkylation sites (tertiary alicyclic amines) is 1. The second-order valence-corrected chi connectivity index (χ2v) is 4.35. The van der Waals surface area contributed by atoms with Gasteiger partial charge in [0, 0.05) is 24.9 Å². The number of carbonyl (C=O) groups is 2. The van der Waals surface area contributed by atoms with Gasteiger partial charge < -0.3 is 10.0 Å². The molecule has 82 valence electrons. The van der Waals surface area contributed by atoms with E-state index in [1.54, 1.807) is 4.90 Å². The van der Waals surface area contributed by atoms with Crippen molar-refractivity contribution in [2.45, 2.75) is 19.3 Å². The Labute approximate surface area is 88.6 Å². The highest BCUT2D eigenvalue weighted by atomic mass is 16.4. The number of amides is 1. The summed E-state index contributed by atoms with van der Waals surface area (Å²) in [6.45, 7) is 1.25. The van der Waals surface area contributed by atoms with Crippen LogP contribution in [0.2, 0.25) is 0 Å². The van der Waals surface area contributed by atoms with Gasteiger partial charge in [-0.1, -0.05) is 12.2 Å². The Balaban J connectivity index is 1.74. The van der Waals surface area contributed by atoms with Crippen LogP contribution in [0.15, 0.2) is 12.2 Å². The van der Waals surface area contributed by atoms with Gasteiger partial charge in [0.05, 0.1) is 6.42 Å². The first-order valence-electron chi connectivity index (χ1n) is 5.32. The molecule has 1 aliphatic heterocycles. The molecule has 0 saturated carbocycles. The lowest BCUT2D eigenvalue weighted by Crippen LogP contribution is -2.52. The molecule has 0 bridgehead atoms. The second kappa shape index (κ2) is 4.04. The number of rotatable bonds is 3. The lowest BCUT2D eigenvalue weighted by molar-refractivity contribution is -0.147. The van der Waals surface area contributed by atoms with Gasteiger partial charge in [0.25, 0.3) is 0 Å². The van der Waals surface area contributed by atoms with Crippen LogP contribution in [0.5, 0.6) is 0 Å². The van der Waals surface area contributed by atoms with Crippen LogP contribution in [0, 0.1) is 11.8 Å². The maximum atomic E-state index is 11.8. The summed E-state index contributed by atoms with van der Waals surface area (Å²) in [5, 5.41) is 8.57. The zero-order valence-corrected chi connectivity index (χ0v) is 8.56. The first kappa shape index (κ1) is 10.2. The van der Waals surface area contributed by atoms with Gasteiger partial charge in [-0.25, -0.2) is 0 Å². The van der Waals surface area contributed by atoms with Crippen molar-refractivity contribution in [3.05, 3.63) is 12.2 Å². The maximum Gasteiger partial charge on any atom is 0.303 e. The monoisotopic (exact) mass is 209 g/mol. The van der Waals surface area contributed by atoms with Gasteiger partial charge in [0.1, 0.15) is 0 Å². The molecule has 1 heterocycles. The molecular formula is C11H15NO3. The average molecular weight is 209 g/mol. The number of allylic oxidation sites excluding steroid dienone is 2. The van der Waals surface area contributed by atoms with E-state index >= 15 is 0 Å². The predicted octanol–water partition coefficient (Wildman–Crippen LogP) is 0.886. The van der Waals surface area contributed by atoms with Gasteiger partial charge in [0.2, 0.25) is 5.91 Å². The largest absolute Gasteiger partial charge is 0.481 e. The maximum absolute atomic E-state index is 11.8. The summed E-state index contributed by atoms with van der Waals surface area (Å²) in [6, 6.07) is 0. The lowest BCUT2D eigenvalue weighted by atomic mass is 9.93. The molecule has 1 saturated heterocycles. The molecule has 0 unspecified atom stereocenters. The highest BCUT2D eigenvalue weighted by Crippen LogP contribution is 2.26. The fourth-order valence-electron chi connectivity index (χ4n) is 2.20. The molecule has 1 amide bonds. The third kappa shape index (κ3) is 2.19. The molecule has 4 heteroatoms. The van der Waals surface area contributed by atoms with Crippen molar-refractivity contribution >= 4 is 11.9 Å². The van der Waals surface area contributed by atoms with Gasteiger partial charge in [-0.2, -0.15) is 0 Å². The van der Waals surface area contributed by atoms with Gasteiger partial charge in [-0.05, 0) is 12.8 Å². The molecule has 4 nitrogen and oxygen atoms in total. The summed E-state index contributed by atoms with van der Waals surface area (Å²) in [6.07, 6.45) is 5.96. The number of hydrogen-bond acceptors (Lipinski definition) is 2. The van der Waals surface area contributed by atoms with E-state index in [1.165, 1.54) is 0 Å². The summed E-state index contributed by atoms with van der Waals surface area (Å²) in [7, 11) is 0. The fourth-order valence-corrected chi connectivity index (χ4v) is 2.20. The Hall–Kier alpha value is -1.32. The summed E-state index contributed by atoms with van der Waals surface area (Å²) in [5.41, 5.74) is 0. The van der Waals surface area contributed by atoms with E-state index in [0.29, 0.717) is 13.1 Å². The molecule has 1 fully saturated rings. The fraction of sp³-hybridized carbons (Fsp3) is 0.636. The van der Waals surface area contributed by atoms with Crippen LogP contribution in [0.4, 0.5) is 0 Å². The van der Waals surface area contributed by atoms with E-state index in [4.69, 9.17) is 5.11 Å². The van der Waals surface area contributed by atoms with Crippen LogP contribution in [0.3, 0.4) is 0 Å². The van der Waals surface area contributed by atoms with Crippen molar-refractivity contribution in [2.75, 3.05) is 13.1 Å². The van der Waals surface area contributed by atoms with Crippen LogP contribution in [0.1, 0.15) is 19.3 Å². The summed E-state index contributed by atoms with van der Waals surface area (Å²) >= 11 is 0. The molecule has 15 heavy (non-hydrogen) atoms. The minimum absolute atomic E-state index is 0.121. The van der Waals surface area contributed by atoms with Gasteiger partial charge >= 0.3 is 5.97 Å². The molecule has 1 aliphatic carbocycles. The number of carboxylic acids is 1. The van der Waals surface area contributed by atoms with Crippen LogP contribution in [0.25, 0.3) is 0 Å². The topological polar surface area (TPSA) is 57.6 Å². The first-order chi connectivity index (χ1) is 7.16. The highest BCUT2D eigenvalue weighted by Gasteiger charge is 2.35. The highest BCUT2D eigenvalue weighted by molar-refractivity contribution is 5.80. The summed E-state index contributed by atoms with van der Waals surface area (Å²) in [4.78, 5) is 24.0. The van der Waals surface area contributed by atoms with Crippen molar-refractivity contribution < 1.29 is 14.7 Å². The van der Waals surface area contributed by atoms with Crippen molar-refractivity contribution in [3.8, 4) is 0 Å². The van der Waals surface area contributed by atoms with Crippen LogP contribution < -0.4 is 0 Å². The van der Waals surface area contributed by atoms with E-state index < -0.39 is 5.97 Å². The Morgan fingerprint density at radius 2 is 1.87 bits per heavy atom. The molecule has 0 aromatic heterocycles. The summed E-state index contributed by atoms with van der Waals surface area (Å²) < 4.78 is 0. The number of aliphatic carboxylic acids is 1. The molecule has 2 rings (SSSR count). The lowest BCUT2D eigenvalue weighted by Gasteiger charge is -2.40. The number of nitrogens with zero attached hydrogens (tertiary/aromatic N) is 1. The molecule has 0 aromatic rings. The first-order valence-corrected chi connectivity index (χ1v) is 5.32. The minimum Gasteiger partial charge on any atom is -0.481 e. The standard InChI is InChI=1S/C11H15NO3/c13-10(14)5-8-6-12(7-8)11(15)9-3-1-2-4-9/h1-2,8-9H,3-7H2,(H,13,14). The zero-order chi connectivity index (χ0) is 10.8. The Morgan fingerprint density at radius 1 is 1.27 bits per heavy atom. The molecule has 0 aromatic carbocycles. The third-order valence-corrected chi connectivity index (χ3v) is 3.09. The quantitative estimate of drug-likeness (QED) is 0.702. The number of hydrogen-bond donors (Lipinski definition) is 1. The zero-order valence-electron chi connectivity index (χ0n) is 8.56. The minimum atomic E-state index is -0.769.